The van der Waals surface area contributed by atoms with Gasteiger partial charge in [0.25, 0.3) is 5.89 Å². The number of anilines is 1. The quantitative estimate of drug-likeness (QED) is 0.211. The van der Waals surface area contributed by atoms with Crippen molar-refractivity contribution in [1.82, 2.24) is 15.2 Å². The molecule has 0 fully saturated rings. The fraction of sp³-hybridized carbons (Fsp3) is 0.0435. The van der Waals surface area contributed by atoms with Crippen molar-refractivity contribution in [3.05, 3.63) is 88.7 Å². The predicted molar refractivity (Wildman–Crippen MR) is 129 cm³/mol. The van der Waals surface area contributed by atoms with Crippen LogP contribution in [0.25, 0.3) is 21.7 Å². The molecule has 0 amide bonds. The smallest absolute Gasteiger partial charge is 0.254 e. The summed E-state index contributed by atoms with van der Waals surface area (Å²) in [6.45, 7) is 0.188. The molecule has 0 atom stereocenters. The number of thiazole rings is 1. The first-order chi connectivity index (χ1) is 15.7. The first-order valence-corrected chi connectivity index (χ1v) is 11.3. The lowest BCUT2D eigenvalue weighted by atomic mass is 10.2. The molecular formula is C23H16BrN5O2S. The summed E-state index contributed by atoms with van der Waals surface area (Å²) >= 11 is 5.00. The minimum absolute atomic E-state index is 0.188. The topological polar surface area (TPSA) is 85.4 Å². The van der Waals surface area contributed by atoms with Gasteiger partial charge in [-0.15, -0.1) is 10.2 Å². The number of nitrogens with zero attached hydrogens (tertiary/aromatic N) is 4. The Labute approximate surface area is 195 Å². The lowest BCUT2D eigenvalue weighted by Crippen LogP contribution is -1.96. The first-order valence-electron chi connectivity index (χ1n) is 9.69. The SMILES string of the molecule is Brc1cccc(-c2nnc(COc3ccc(/C=N/Nc4nc5ccccc5s4)cc3)o2)c1. The zero-order chi connectivity index (χ0) is 21.8. The Kier molecular flexibility index (Phi) is 5.91. The molecule has 2 heterocycles. The summed E-state index contributed by atoms with van der Waals surface area (Å²) in [6.07, 6.45) is 1.73. The lowest BCUT2D eigenvalue weighted by Gasteiger charge is -2.03. The molecule has 0 saturated carbocycles. The van der Waals surface area contributed by atoms with Crippen LogP contribution in [-0.2, 0) is 6.61 Å². The van der Waals surface area contributed by atoms with Crippen LogP contribution < -0.4 is 10.2 Å². The number of ether oxygens (including phenoxy) is 1. The Morgan fingerprint density at radius 1 is 1.03 bits per heavy atom. The minimum atomic E-state index is 0.188. The van der Waals surface area contributed by atoms with E-state index in [0.717, 1.165) is 30.9 Å². The zero-order valence-electron chi connectivity index (χ0n) is 16.6. The highest BCUT2D eigenvalue weighted by molar-refractivity contribution is 9.10. The summed E-state index contributed by atoms with van der Waals surface area (Å²) in [6, 6.07) is 23.2. The Balaban J connectivity index is 1.16. The molecule has 0 radical (unpaired) electrons. The Morgan fingerprint density at radius 3 is 2.75 bits per heavy atom. The zero-order valence-corrected chi connectivity index (χ0v) is 19.0. The van der Waals surface area contributed by atoms with Gasteiger partial charge in [0.05, 0.1) is 16.4 Å². The van der Waals surface area contributed by atoms with Crippen LogP contribution in [0.4, 0.5) is 5.13 Å². The van der Waals surface area contributed by atoms with E-state index >= 15 is 0 Å². The molecular weight excluding hydrogens is 490 g/mol. The maximum absolute atomic E-state index is 5.75. The van der Waals surface area contributed by atoms with E-state index in [4.69, 9.17) is 9.15 Å². The molecule has 0 bridgehead atoms. The minimum Gasteiger partial charge on any atom is -0.484 e. The molecule has 3 aromatic carbocycles. The molecule has 5 aromatic rings. The number of nitrogens with one attached hydrogen (secondary N) is 1. The number of aromatic nitrogens is 3. The van der Waals surface area contributed by atoms with E-state index in [9.17, 15) is 0 Å². The monoisotopic (exact) mass is 505 g/mol. The number of rotatable bonds is 7. The third kappa shape index (κ3) is 4.84. The summed E-state index contributed by atoms with van der Waals surface area (Å²) in [5, 5.41) is 13.1. The van der Waals surface area contributed by atoms with Crippen molar-refractivity contribution in [3.63, 3.8) is 0 Å². The number of halogens is 1. The van der Waals surface area contributed by atoms with Crippen molar-refractivity contribution in [2.24, 2.45) is 5.10 Å². The molecule has 0 aliphatic carbocycles. The van der Waals surface area contributed by atoms with Crippen molar-refractivity contribution in [3.8, 4) is 17.2 Å². The van der Waals surface area contributed by atoms with Crippen LogP contribution in [0.3, 0.4) is 0 Å². The van der Waals surface area contributed by atoms with Crippen molar-refractivity contribution in [1.29, 1.82) is 0 Å². The van der Waals surface area contributed by atoms with Crippen LogP contribution >= 0.6 is 27.3 Å². The fourth-order valence-corrected chi connectivity index (χ4v) is 4.14. The van der Waals surface area contributed by atoms with Gasteiger partial charge < -0.3 is 9.15 Å². The van der Waals surface area contributed by atoms with Gasteiger partial charge in [-0.3, -0.25) is 5.43 Å². The number of fused-ring (bicyclic) bond motifs is 1. The highest BCUT2D eigenvalue weighted by atomic mass is 79.9. The lowest BCUT2D eigenvalue weighted by molar-refractivity contribution is 0.264. The second-order valence-corrected chi connectivity index (χ2v) is 8.67. The third-order valence-electron chi connectivity index (χ3n) is 4.45. The Bertz CT molecular complexity index is 1350. The summed E-state index contributed by atoms with van der Waals surface area (Å²) in [4.78, 5) is 4.49. The van der Waals surface area contributed by atoms with Gasteiger partial charge in [-0.2, -0.15) is 5.10 Å². The number of hydrazone groups is 1. The molecule has 5 rings (SSSR count). The summed E-state index contributed by atoms with van der Waals surface area (Å²) in [7, 11) is 0. The molecule has 32 heavy (non-hydrogen) atoms. The average molecular weight is 506 g/mol. The van der Waals surface area contributed by atoms with Crippen molar-refractivity contribution < 1.29 is 9.15 Å². The standard InChI is InChI=1S/C23H16BrN5O2S/c24-17-5-3-4-16(12-17)22-28-27-21(31-22)14-30-18-10-8-15(9-11-18)13-25-29-23-26-19-6-1-2-7-20(19)32-23/h1-13H,14H2,(H,26,29)/b25-13+. The second kappa shape index (κ2) is 9.29. The van der Waals surface area contributed by atoms with Gasteiger partial charge in [0, 0.05) is 10.0 Å². The molecule has 7 nitrogen and oxygen atoms in total. The Hall–Kier alpha value is -3.56. The predicted octanol–water partition coefficient (Wildman–Crippen LogP) is 6.13. The Morgan fingerprint density at radius 2 is 1.91 bits per heavy atom. The molecule has 1 N–H and O–H groups in total. The molecule has 9 heteroatoms. The maximum atomic E-state index is 5.75. The van der Waals surface area contributed by atoms with E-state index in [-0.39, 0.29) is 6.61 Å². The highest BCUT2D eigenvalue weighted by Crippen LogP contribution is 2.25. The fourth-order valence-electron chi connectivity index (χ4n) is 2.93. The van der Waals surface area contributed by atoms with Crippen molar-refractivity contribution in [2.45, 2.75) is 6.61 Å². The first kappa shape index (κ1) is 20.3. The van der Waals surface area contributed by atoms with Gasteiger partial charge in [0.1, 0.15) is 5.75 Å². The van der Waals surface area contributed by atoms with Gasteiger partial charge in [-0.25, -0.2) is 4.98 Å². The van der Waals surface area contributed by atoms with E-state index in [0.29, 0.717) is 17.5 Å². The molecule has 0 spiro atoms. The molecule has 0 saturated heterocycles. The van der Waals surface area contributed by atoms with Crippen LogP contribution in [0.5, 0.6) is 5.75 Å². The van der Waals surface area contributed by atoms with Gasteiger partial charge in [-0.05, 0) is 60.2 Å². The van der Waals surface area contributed by atoms with Gasteiger partial charge >= 0.3 is 0 Å². The normalized spacial score (nSPS) is 11.3. The molecule has 0 unspecified atom stereocenters. The highest BCUT2D eigenvalue weighted by Gasteiger charge is 2.09. The number of hydrogen-bond donors (Lipinski definition) is 1. The largest absolute Gasteiger partial charge is 0.484 e. The summed E-state index contributed by atoms with van der Waals surface area (Å²) < 4.78 is 13.5. The van der Waals surface area contributed by atoms with E-state index in [1.165, 1.54) is 0 Å². The number of para-hydroxylation sites is 1. The van der Waals surface area contributed by atoms with E-state index in [2.05, 4.69) is 41.6 Å². The van der Waals surface area contributed by atoms with Crippen LogP contribution in [0, 0.1) is 0 Å². The van der Waals surface area contributed by atoms with Crippen LogP contribution in [0.1, 0.15) is 11.5 Å². The van der Waals surface area contributed by atoms with Crippen molar-refractivity contribution in [2.75, 3.05) is 5.43 Å². The van der Waals surface area contributed by atoms with E-state index in [1.54, 1.807) is 17.6 Å². The van der Waals surface area contributed by atoms with Crippen LogP contribution in [0.2, 0.25) is 0 Å². The van der Waals surface area contributed by atoms with Gasteiger partial charge in [-0.1, -0.05) is 45.5 Å². The van der Waals surface area contributed by atoms with Crippen molar-refractivity contribution >= 4 is 48.8 Å². The summed E-state index contributed by atoms with van der Waals surface area (Å²) in [5.74, 6) is 1.56. The molecule has 158 valence electrons. The molecule has 0 aliphatic heterocycles. The van der Waals surface area contributed by atoms with Crippen LogP contribution in [-0.4, -0.2) is 21.4 Å². The van der Waals surface area contributed by atoms with Crippen LogP contribution in [0.15, 0.2) is 86.8 Å². The third-order valence-corrected chi connectivity index (χ3v) is 5.88. The average Bonchev–Trinajstić information content (AvgIpc) is 3.45. The number of hydrogen-bond acceptors (Lipinski definition) is 8. The second-order valence-electron chi connectivity index (χ2n) is 6.73. The summed E-state index contributed by atoms with van der Waals surface area (Å²) in [5.41, 5.74) is 5.72. The van der Waals surface area contributed by atoms with E-state index in [1.807, 2.05) is 72.8 Å². The molecule has 0 aliphatic rings. The van der Waals surface area contributed by atoms with Gasteiger partial charge in [0.2, 0.25) is 11.0 Å². The van der Waals surface area contributed by atoms with E-state index < -0.39 is 0 Å². The number of benzene rings is 3. The van der Waals surface area contributed by atoms with Gasteiger partial charge in [0.15, 0.2) is 6.61 Å². The maximum Gasteiger partial charge on any atom is 0.254 e. The molecule has 2 aromatic heterocycles.